The Kier molecular flexibility index (Phi) is 3.82. The molecule has 0 saturated carbocycles. The summed E-state index contributed by atoms with van der Waals surface area (Å²) in [7, 11) is 0. The Balaban J connectivity index is 2.07. The number of benzene rings is 1. The van der Waals surface area contributed by atoms with Crippen LogP contribution in [-0.2, 0) is 11.3 Å². The fourth-order valence-corrected chi connectivity index (χ4v) is 2.41. The van der Waals surface area contributed by atoms with Crippen LogP contribution in [0.1, 0.15) is 31.1 Å². The molecule has 4 N–H and O–H groups in total. The van der Waals surface area contributed by atoms with Gasteiger partial charge in [-0.25, -0.2) is 0 Å². The van der Waals surface area contributed by atoms with E-state index in [9.17, 15) is 0 Å². The van der Waals surface area contributed by atoms with Crippen LogP contribution in [0.25, 0.3) is 0 Å². The Morgan fingerprint density at radius 3 is 2.74 bits per heavy atom. The molecule has 2 aromatic rings. The first-order valence-electron chi connectivity index (χ1n) is 5.98. The van der Waals surface area contributed by atoms with Gasteiger partial charge in [-0.15, -0.1) is 11.8 Å². The van der Waals surface area contributed by atoms with Gasteiger partial charge >= 0.3 is 0 Å². The second-order valence-electron chi connectivity index (χ2n) is 4.99. The average molecular weight is 278 g/mol. The lowest BCUT2D eigenvalue weighted by atomic mass is 10.1. The van der Waals surface area contributed by atoms with Crippen LogP contribution in [0.4, 0.5) is 5.69 Å². The minimum absolute atomic E-state index is 0.521. The van der Waals surface area contributed by atoms with Crippen molar-refractivity contribution in [2.75, 3.05) is 5.73 Å². The highest BCUT2D eigenvalue weighted by molar-refractivity contribution is 7.98. The Bertz CT molecular complexity index is 574. The fraction of sp³-hybridized carbons (Fsp3) is 0.385. The zero-order valence-electron chi connectivity index (χ0n) is 11.3. The van der Waals surface area contributed by atoms with E-state index >= 15 is 0 Å². The molecule has 0 amide bonds. The van der Waals surface area contributed by atoms with Gasteiger partial charge in [-0.05, 0) is 38.5 Å². The van der Waals surface area contributed by atoms with Crippen LogP contribution in [0.15, 0.2) is 27.6 Å². The molecule has 1 heterocycles. The summed E-state index contributed by atoms with van der Waals surface area (Å²) in [6.45, 7) is 5.69. The van der Waals surface area contributed by atoms with E-state index in [1.807, 2.05) is 39.0 Å². The fourth-order valence-electron chi connectivity index (χ4n) is 1.50. The smallest absolute Gasteiger partial charge is 0.237 e. The van der Waals surface area contributed by atoms with E-state index in [0.717, 1.165) is 16.1 Å². The summed E-state index contributed by atoms with van der Waals surface area (Å²) in [6.07, 6.45) is 0. The van der Waals surface area contributed by atoms with E-state index in [1.54, 1.807) is 11.8 Å². The highest BCUT2D eigenvalue weighted by atomic mass is 32.2. The molecule has 102 valence electrons. The maximum absolute atomic E-state index is 5.91. The predicted molar refractivity (Wildman–Crippen MR) is 76.7 cm³/mol. The summed E-state index contributed by atoms with van der Waals surface area (Å²) in [5.41, 5.74) is 13.1. The first-order valence-corrected chi connectivity index (χ1v) is 6.96. The summed E-state index contributed by atoms with van der Waals surface area (Å²) >= 11 is 1.62. The van der Waals surface area contributed by atoms with Crippen molar-refractivity contribution in [3.05, 3.63) is 35.5 Å². The van der Waals surface area contributed by atoms with Crippen LogP contribution in [0.2, 0.25) is 0 Å². The molecule has 0 fully saturated rings. The highest BCUT2D eigenvalue weighted by Gasteiger charge is 2.21. The minimum atomic E-state index is -0.584. The third kappa shape index (κ3) is 3.27. The van der Waals surface area contributed by atoms with Crippen LogP contribution < -0.4 is 11.5 Å². The first kappa shape index (κ1) is 13.9. The third-order valence-electron chi connectivity index (χ3n) is 2.72. The van der Waals surface area contributed by atoms with Gasteiger partial charge in [0.1, 0.15) is 0 Å². The van der Waals surface area contributed by atoms with Crippen molar-refractivity contribution in [2.24, 2.45) is 5.73 Å². The lowest BCUT2D eigenvalue weighted by molar-refractivity contribution is 0.370. The van der Waals surface area contributed by atoms with Crippen LogP contribution in [0, 0.1) is 6.92 Å². The standard InChI is InChI=1S/C13H18N4OS/c1-8-9(14)5-4-6-10(8)19-7-11-16-12(17-18-11)13(2,3)15/h4-6H,7,14-15H2,1-3H3. The van der Waals surface area contributed by atoms with E-state index < -0.39 is 5.54 Å². The minimum Gasteiger partial charge on any atom is -0.398 e. The number of hydrogen-bond donors (Lipinski definition) is 2. The number of hydrogen-bond acceptors (Lipinski definition) is 6. The van der Waals surface area contributed by atoms with Gasteiger partial charge in [0.2, 0.25) is 5.89 Å². The summed E-state index contributed by atoms with van der Waals surface area (Å²) in [6, 6.07) is 5.86. The van der Waals surface area contributed by atoms with E-state index in [1.165, 1.54) is 0 Å². The van der Waals surface area contributed by atoms with Gasteiger partial charge in [0.05, 0.1) is 11.3 Å². The molecule has 1 aromatic carbocycles. The summed E-state index contributed by atoms with van der Waals surface area (Å²) in [5.74, 6) is 1.70. The number of aromatic nitrogens is 2. The molecule has 0 aliphatic rings. The van der Waals surface area contributed by atoms with Crippen molar-refractivity contribution in [1.82, 2.24) is 10.1 Å². The van der Waals surface area contributed by atoms with Gasteiger partial charge in [-0.1, -0.05) is 11.2 Å². The van der Waals surface area contributed by atoms with Crippen molar-refractivity contribution >= 4 is 17.4 Å². The molecule has 0 spiro atoms. The topological polar surface area (TPSA) is 91.0 Å². The van der Waals surface area contributed by atoms with E-state index in [0.29, 0.717) is 17.5 Å². The number of nitrogens with zero attached hydrogens (tertiary/aromatic N) is 2. The second-order valence-corrected chi connectivity index (χ2v) is 6.01. The van der Waals surface area contributed by atoms with Crippen molar-refractivity contribution in [3.8, 4) is 0 Å². The van der Waals surface area contributed by atoms with Gasteiger partial charge in [0, 0.05) is 10.6 Å². The molecule has 0 radical (unpaired) electrons. The number of thioether (sulfide) groups is 1. The third-order valence-corrected chi connectivity index (χ3v) is 3.87. The van der Waals surface area contributed by atoms with Crippen LogP contribution >= 0.6 is 11.8 Å². The first-order chi connectivity index (χ1) is 8.88. The Labute approximate surface area is 116 Å². The quantitative estimate of drug-likeness (QED) is 0.659. The number of anilines is 1. The summed E-state index contributed by atoms with van der Waals surface area (Å²) in [4.78, 5) is 5.41. The SMILES string of the molecule is Cc1c(N)cccc1SCc1nc(C(C)(C)N)no1. The molecule has 19 heavy (non-hydrogen) atoms. The van der Waals surface area contributed by atoms with Crippen molar-refractivity contribution in [1.29, 1.82) is 0 Å². The Hall–Kier alpha value is -1.53. The Morgan fingerprint density at radius 2 is 2.11 bits per heavy atom. The van der Waals surface area contributed by atoms with Crippen molar-refractivity contribution in [2.45, 2.75) is 37.0 Å². The zero-order valence-corrected chi connectivity index (χ0v) is 12.1. The molecule has 6 heteroatoms. The predicted octanol–water partition coefficient (Wildman–Crippen LogP) is 2.45. The molecule has 0 unspecified atom stereocenters. The molecular formula is C13H18N4OS. The molecule has 2 rings (SSSR count). The van der Waals surface area contributed by atoms with Gasteiger partial charge < -0.3 is 16.0 Å². The van der Waals surface area contributed by atoms with Crippen molar-refractivity contribution < 1.29 is 4.52 Å². The van der Waals surface area contributed by atoms with Gasteiger partial charge in [0.25, 0.3) is 0 Å². The largest absolute Gasteiger partial charge is 0.398 e. The normalized spacial score (nSPS) is 11.8. The molecule has 0 aliphatic heterocycles. The zero-order chi connectivity index (χ0) is 14.0. The Morgan fingerprint density at radius 1 is 1.37 bits per heavy atom. The highest BCUT2D eigenvalue weighted by Crippen LogP contribution is 2.28. The van der Waals surface area contributed by atoms with Gasteiger partial charge in [-0.2, -0.15) is 4.98 Å². The van der Waals surface area contributed by atoms with Gasteiger partial charge in [0.15, 0.2) is 5.82 Å². The average Bonchev–Trinajstić information content (AvgIpc) is 2.79. The molecule has 0 saturated heterocycles. The van der Waals surface area contributed by atoms with Crippen LogP contribution in [-0.4, -0.2) is 10.1 Å². The van der Waals surface area contributed by atoms with Crippen LogP contribution in [0.5, 0.6) is 0 Å². The maximum atomic E-state index is 5.91. The van der Waals surface area contributed by atoms with Crippen molar-refractivity contribution in [3.63, 3.8) is 0 Å². The number of nitrogens with two attached hydrogens (primary N) is 2. The van der Waals surface area contributed by atoms with Crippen LogP contribution in [0.3, 0.4) is 0 Å². The van der Waals surface area contributed by atoms with E-state index in [-0.39, 0.29) is 0 Å². The molecule has 5 nitrogen and oxygen atoms in total. The van der Waals surface area contributed by atoms with Gasteiger partial charge in [-0.3, -0.25) is 0 Å². The molecule has 0 aliphatic carbocycles. The lowest BCUT2D eigenvalue weighted by Gasteiger charge is -2.11. The molecule has 0 atom stereocenters. The number of nitrogen functional groups attached to an aromatic ring is 1. The molecular weight excluding hydrogens is 260 g/mol. The maximum Gasteiger partial charge on any atom is 0.237 e. The second kappa shape index (κ2) is 5.22. The van der Waals surface area contributed by atoms with E-state index in [2.05, 4.69) is 10.1 Å². The summed E-state index contributed by atoms with van der Waals surface area (Å²) in [5, 5.41) is 3.89. The summed E-state index contributed by atoms with van der Waals surface area (Å²) < 4.78 is 5.19. The number of rotatable bonds is 4. The molecule has 1 aromatic heterocycles. The molecule has 0 bridgehead atoms. The van der Waals surface area contributed by atoms with E-state index in [4.69, 9.17) is 16.0 Å². The monoisotopic (exact) mass is 278 g/mol. The lowest BCUT2D eigenvalue weighted by Crippen LogP contribution is -2.30.